The molecule has 0 aliphatic heterocycles. The molecule has 0 spiro atoms. The molecule has 1 rings (SSSR count). The van der Waals surface area contributed by atoms with Gasteiger partial charge in [-0.05, 0) is 18.9 Å². The number of carbonyl (C=O) groups excluding carboxylic acids is 1. The lowest BCUT2D eigenvalue weighted by molar-refractivity contribution is -0.142. The van der Waals surface area contributed by atoms with Crippen LogP contribution < -0.4 is 10.9 Å². The Balaban J connectivity index is 2.91. The van der Waals surface area contributed by atoms with Crippen LogP contribution in [0.3, 0.4) is 0 Å². The van der Waals surface area contributed by atoms with Crippen LogP contribution in [-0.4, -0.2) is 27.6 Å². The summed E-state index contributed by atoms with van der Waals surface area (Å²) in [4.78, 5) is 35.6. The first-order valence-electron chi connectivity index (χ1n) is 7.71. The molecule has 2 N–H and O–H groups in total. The fourth-order valence-corrected chi connectivity index (χ4v) is 2.30. The molecule has 0 aliphatic rings. The Morgan fingerprint density at radius 3 is 2.50 bits per heavy atom. The highest BCUT2D eigenvalue weighted by Crippen LogP contribution is 2.13. The fraction of sp³-hybridized carbons (Fsp3) is 0.562. The maximum atomic E-state index is 12.4. The number of pyridine rings is 1. The van der Waals surface area contributed by atoms with Crippen molar-refractivity contribution in [3.05, 3.63) is 34.7 Å². The van der Waals surface area contributed by atoms with Gasteiger partial charge in [-0.3, -0.25) is 9.59 Å². The molecular formula is C16H24N2O4. The van der Waals surface area contributed by atoms with E-state index in [-0.39, 0.29) is 5.56 Å². The van der Waals surface area contributed by atoms with Crippen LogP contribution >= 0.6 is 0 Å². The summed E-state index contributed by atoms with van der Waals surface area (Å²) >= 11 is 0. The Kier molecular flexibility index (Phi) is 7.36. The van der Waals surface area contributed by atoms with Crippen molar-refractivity contribution in [2.24, 2.45) is 0 Å². The third-order valence-electron chi connectivity index (χ3n) is 3.51. The quantitative estimate of drug-likeness (QED) is 0.730. The van der Waals surface area contributed by atoms with Crippen molar-refractivity contribution < 1.29 is 14.7 Å². The Labute approximate surface area is 130 Å². The smallest absolute Gasteiger partial charge is 0.326 e. The van der Waals surface area contributed by atoms with Gasteiger partial charge in [-0.25, -0.2) is 4.79 Å². The highest BCUT2D eigenvalue weighted by atomic mass is 16.4. The number of nitrogens with zero attached hydrogens (tertiary/aromatic N) is 1. The van der Waals surface area contributed by atoms with Gasteiger partial charge in [0.2, 0.25) is 5.91 Å². The molecule has 1 amide bonds. The minimum Gasteiger partial charge on any atom is -0.480 e. The van der Waals surface area contributed by atoms with E-state index in [0.29, 0.717) is 19.3 Å². The molecule has 0 fully saturated rings. The number of rotatable bonds is 9. The van der Waals surface area contributed by atoms with Crippen molar-refractivity contribution in [2.45, 2.75) is 58.0 Å². The van der Waals surface area contributed by atoms with Crippen molar-refractivity contribution in [3.63, 3.8) is 0 Å². The van der Waals surface area contributed by atoms with E-state index in [9.17, 15) is 19.5 Å². The average Bonchev–Trinajstić information content (AvgIpc) is 2.49. The number of aromatic nitrogens is 1. The molecule has 22 heavy (non-hydrogen) atoms. The second-order valence-electron chi connectivity index (χ2n) is 5.29. The molecule has 0 saturated carbocycles. The molecule has 0 bridgehead atoms. The van der Waals surface area contributed by atoms with Gasteiger partial charge >= 0.3 is 5.97 Å². The molecule has 0 radical (unpaired) electrons. The fourth-order valence-electron chi connectivity index (χ4n) is 2.30. The number of carbonyl (C=O) groups is 2. The molecule has 1 aromatic rings. The van der Waals surface area contributed by atoms with Crippen LogP contribution in [0.1, 0.15) is 52.0 Å². The van der Waals surface area contributed by atoms with Gasteiger partial charge in [0.05, 0.1) is 0 Å². The number of amides is 1. The zero-order valence-corrected chi connectivity index (χ0v) is 13.1. The van der Waals surface area contributed by atoms with Gasteiger partial charge in [-0.2, -0.15) is 0 Å². The predicted molar refractivity (Wildman–Crippen MR) is 83.7 cm³/mol. The van der Waals surface area contributed by atoms with Crippen molar-refractivity contribution >= 4 is 11.9 Å². The third kappa shape index (κ3) is 5.02. The second-order valence-corrected chi connectivity index (χ2v) is 5.29. The number of carboxylic acid groups (broad SMARTS) is 1. The Hall–Kier alpha value is -2.11. The standard InChI is InChI=1S/C16H24N2O4/c1-3-5-9-12(16(21)22)17-15(20)13(8-4-2)18-11-7-6-10-14(18)19/h6-7,10-13H,3-5,8-9H2,1-2H3,(H,17,20)(H,21,22). The molecule has 2 atom stereocenters. The number of hydrogen-bond acceptors (Lipinski definition) is 3. The van der Waals surface area contributed by atoms with Gasteiger partial charge in [-0.1, -0.05) is 39.2 Å². The average molecular weight is 308 g/mol. The first-order chi connectivity index (χ1) is 10.5. The van der Waals surface area contributed by atoms with E-state index in [4.69, 9.17) is 0 Å². The Bertz CT molecular complexity index is 553. The summed E-state index contributed by atoms with van der Waals surface area (Å²) in [5, 5.41) is 11.8. The summed E-state index contributed by atoms with van der Waals surface area (Å²) in [7, 11) is 0. The van der Waals surface area contributed by atoms with Crippen molar-refractivity contribution in [2.75, 3.05) is 0 Å². The van der Waals surface area contributed by atoms with E-state index < -0.39 is 24.0 Å². The summed E-state index contributed by atoms with van der Waals surface area (Å²) < 4.78 is 1.36. The van der Waals surface area contributed by atoms with Gasteiger partial charge in [0.25, 0.3) is 5.56 Å². The van der Waals surface area contributed by atoms with Crippen LogP contribution in [0.15, 0.2) is 29.2 Å². The molecule has 0 saturated heterocycles. The summed E-state index contributed by atoms with van der Waals surface area (Å²) in [5.74, 6) is -1.46. The van der Waals surface area contributed by atoms with Crippen LogP contribution in [-0.2, 0) is 9.59 Å². The van der Waals surface area contributed by atoms with Crippen LogP contribution in [0.4, 0.5) is 0 Å². The van der Waals surface area contributed by atoms with Crippen LogP contribution in [0.5, 0.6) is 0 Å². The highest BCUT2D eigenvalue weighted by Gasteiger charge is 2.25. The number of carboxylic acids is 1. The molecule has 0 aromatic carbocycles. The van der Waals surface area contributed by atoms with Crippen molar-refractivity contribution in [3.8, 4) is 0 Å². The van der Waals surface area contributed by atoms with Gasteiger partial charge in [-0.15, -0.1) is 0 Å². The van der Waals surface area contributed by atoms with Crippen LogP contribution in [0, 0.1) is 0 Å². The van der Waals surface area contributed by atoms with Gasteiger partial charge in [0.1, 0.15) is 12.1 Å². The first kappa shape index (κ1) is 17.9. The molecule has 1 aromatic heterocycles. The lowest BCUT2D eigenvalue weighted by atomic mass is 10.1. The van der Waals surface area contributed by atoms with Gasteiger partial charge < -0.3 is 15.0 Å². The monoisotopic (exact) mass is 308 g/mol. The van der Waals surface area contributed by atoms with Crippen LogP contribution in [0.25, 0.3) is 0 Å². The molecular weight excluding hydrogens is 284 g/mol. The van der Waals surface area contributed by atoms with E-state index in [2.05, 4.69) is 5.32 Å². The molecule has 6 heteroatoms. The summed E-state index contributed by atoms with van der Waals surface area (Å²) in [6.07, 6.45) is 4.73. The minimum atomic E-state index is -1.04. The van der Waals surface area contributed by atoms with E-state index >= 15 is 0 Å². The number of hydrogen-bond donors (Lipinski definition) is 2. The molecule has 1 heterocycles. The maximum Gasteiger partial charge on any atom is 0.326 e. The third-order valence-corrected chi connectivity index (χ3v) is 3.51. The normalized spacial score (nSPS) is 13.4. The zero-order chi connectivity index (χ0) is 16.5. The maximum absolute atomic E-state index is 12.4. The van der Waals surface area contributed by atoms with Gasteiger partial charge in [0.15, 0.2) is 0 Å². The molecule has 6 nitrogen and oxygen atoms in total. The van der Waals surface area contributed by atoms with E-state index in [1.807, 2.05) is 13.8 Å². The second kappa shape index (κ2) is 9.02. The van der Waals surface area contributed by atoms with E-state index in [1.54, 1.807) is 18.3 Å². The summed E-state index contributed by atoms with van der Waals surface area (Å²) in [5.41, 5.74) is -0.267. The minimum absolute atomic E-state index is 0.267. The summed E-state index contributed by atoms with van der Waals surface area (Å²) in [6.45, 7) is 3.88. The van der Waals surface area contributed by atoms with E-state index in [1.165, 1.54) is 10.6 Å². The number of aliphatic carboxylic acids is 1. The van der Waals surface area contributed by atoms with E-state index in [0.717, 1.165) is 12.8 Å². The lowest BCUT2D eigenvalue weighted by Crippen LogP contribution is -2.45. The molecule has 122 valence electrons. The Morgan fingerprint density at radius 2 is 1.95 bits per heavy atom. The lowest BCUT2D eigenvalue weighted by Gasteiger charge is -2.21. The Morgan fingerprint density at radius 1 is 1.23 bits per heavy atom. The predicted octanol–water partition coefficient (Wildman–Crippen LogP) is 1.95. The van der Waals surface area contributed by atoms with Gasteiger partial charge in [0, 0.05) is 12.3 Å². The summed E-state index contributed by atoms with van der Waals surface area (Å²) in [6, 6.07) is 3.10. The zero-order valence-electron chi connectivity index (χ0n) is 13.1. The first-order valence-corrected chi connectivity index (χ1v) is 7.71. The molecule has 2 unspecified atom stereocenters. The van der Waals surface area contributed by atoms with Crippen molar-refractivity contribution in [1.29, 1.82) is 0 Å². The number of unbranched alkanes of at least 4 members (excludes halogenated alkanes) is 1. The SMILES string of the molecule is CCCCC(NC(=O)C(CCC)n1ccccc1=O)C(=O)O. The van der Waals surface area contributed by atoms with Crippen LogP contribution in [0.2, 0.25) is 0 Å². The topological polar surface area (TPSA) is 88.4 Å². The highest BCUT2D eigenvalue weighted by molar-refractivity contribution is 5.85. The number of nitrogens with one attached hydrogen (secondary N) is 1. The largest absolute Gasteiger partial charge is 0.480 e. The van der Waals surface area contributed by atoms with Crippen molar-refractivity contribution in [1.82, 2.24) is 9.88 Å². The molecule has 0 aliphatic carbocycles.